The van der Waals surface area contributed by atoms with Gasteiger partial charge in [0.05, 0.1) is 16.3 Å². The highest BCUT2D eigenvalue weighted by Gasteiger charge is 2.37. The van der Waals surface area contributed by atoms with Crippen molar-refractivity contribution in [3.05, 3.63) is 28.5 Å². The van der Waals surface area contributed by atoms with Gasteiger partial charge in [-0.3, -0.25) is 4.98 Å². The van der Waals surface area contributed by atoms with E-state index in [1.54, 1.807) is 20.8 Å². The first-order valence-electron chi connectivity index (χ1n) is 4.35. The zero-order valence-electron chi connectivity index (χ0n) is 8.61. The van der Waals surface area contributed by atoms with Crippen molar-refractivity contribution in [3.63, 3.8) is 0 Å². The fourth-order valence-corrected chi connectivity index (χ4v) is 1.41. The van der Waals surface area contributed by atoms with E-state index in [0.29, 0.717) is 0 Å². The summed E-state index contributed by atoms with van der Waals surface area (Å²) in [6.45, 7) is 5.04. The van der Waals surface area contributed by atoms with E-state index in [-0.39, 0.29) is 10.7 Å². The topological polar surface area (TPSA) is 12.9 Å². The van der Waals surface area contributed by atoms with Crippen molar-refractivity contribution in [1.82, 2.24) is 4.98 Å². The van der Waals surface area contributed by atoms with Gasteiger partial charge in [-0.2, -0.15) is 13.2 Å². The van der Waals surface area contributed by atoms with Crippen molar-refractivity contribution in [1.29, 1.82) is 0 Å². The highest BCUT2D eigenvalue weighted by molar-refractivity contribution is 6.30. The lowest BCUT2D eigenvalue weighted by Crippen LogP contribution is -2.21. The standard InChI is InChI=1S/C10H11ClF3N/c1-9(2,3)8-7(10(12,13)14)4-6(11)5-15-8/h4-5H,1-3H3. The first kappa shape index (κ1) is 12.3. The summed E-state index contributed by atoms with van der Waals surface area (Å²) < 4.78 is 38.0. The monoisotopic (exact) mass is 237 g/mol. The third-order valence-corrected chi connectivity index (χ3v) is 2.08. The molecule has 1 aromatic rings. The minimum Gasteiger partial charge on any atom is -0.259 e. The van der Waals surface area contributed by atoms with Gasteiger partial charge in [-0.1, -0.05) is 32.4 Å². The minimum absolute atomic E-state index is 0.00433. The Hall–Kier alpha value is -0.770. The molecule has 0 spiro atoms. The quantitative estimate of drug-likeness (QED) is 0.663. The molecule has 0 aromatic carbocycles. The van der Waals surface area contributed by atoms with Gasteiger partial charge < -0.3 is 0 Å². The van der Waals surface area contributed by atoms with Gasteiger partial charge in [-0.05, 0) is 6.07 Å². The molecule has 0 bridgehead atoms. The lowest BCUT2D eigenvalue weighted by molar-refractivity contribution is -0.139. The van der Waals surface area contributed by atoms with Crippen LogP contribution in [0.5, 0.6) is 0 Å². The fraction of sp³-hybridized carbons (Fsp3) is 0.500. The van der Waals surface area contributed by atoms with Gasteiger partial charge in [-0.25, -0.2) is 0 Å². The summed E-state index contributed by atoms with van der Waals surface area (Å²) >= 11 is 5.51. The predicted octanol–water partition coefficient (Wildman–Crippen LogP) is 4.05. The van der Waals surface area contributed by atoms with E-state index in [2.05, 4.69) is 4.98 Å². The molecule has 0 saturated carbocycles. The molecule has 15 heavy (non-hydrogen) atoms. The summed E-state index contributed by atoms with van der Waals surface area (Å²) in [7, 11) is 0. The SMILES string of the molecule is CC(C)(C)c1ncc(Cl)cc1C(F)(F)F. The van der Waals surface area contributed by atoms with Crippen molar-refractivity contribution in [2.24, 2.45) is 0 Å². The van der Waals surface area contributed by atoms with E-state index in [1.165, 1.54) is 6.20 Å². The molecule has 0 atom stereocenters. The van der Waals surface area contributed by atoms with Crippen LogP contribution in [0.2, 0.25) is 5.02 Å². The van der Waals surface area contributed by atoms with Crippen molar-refractivity contribution in [2.45, 2.75) is 32.4 Å². The van der Waals surface area contributed by atoms with E-state index < -0.39 is 17.2 Å². The second-order valence-corrected chi connectivity index (χ2v) is 4.73. The summed E-state index contributed by atoms with van der Waals surface area (Å²) in [5.41, 5.74) is -1.41. The number of hydrogen-bond donors (Lipinski definition) is 0. The smallest absolute Gasteiger partial charge is 0.259 e. The predicted molar refractivity (Wildman–Crippen MR) is 52.9 cm³/mol. The van der Waals surface area contributed by atoms with E-state index in [1.807, 2.05) is 0 Å². The number of rotatable bonds is 0. The number of halogens is 4. The molecule has 0 saturated heterocycles. The highest BCUT2D eigenvalue weighted by Crippen LogP contribution is 2.37. The molecule has 5 heteroatoms. The summed E-state index contributed by atoms with van der Waals surface area (Å²) in [6, 6.07) is 0.912. The Labute approximate surface area is 91.3 Å². The molecular weight excluding hydrogens is 227 g/mol. The van der Waals surface area contributed by atoms with E-state index in [0.717, 1.165) is 6.07 Å². The number of nitrogens with zero attached hydrogens (tertiary/aromatic N) is 1. The van der Waals surface area contributed by atoms with Crippen LogP contribution in [0.3, 0.4) is 0 Å². The van der Waals surface area contributed by atoms with Gasteiger partial charge in [0.25, 0.3) is 0 Å². The largest absolute Gasteiger partial charge is 0.418 e. The van der Waals surface area contributed by atoms with Gasteiger partial charge in [0.15, 0.2) is 0 Å². The maximum absolute atomic E-state index is 12.7. The second kappa shape index (κ2) is 3.67. The molecule has 1 heterocycles. The maximum atomic E-state index is 12.7. The highest BCUT2D eigenvalue weighted by atomic mass is 35.5. The number of pyridine rings is 1. The molecule has 0 aliphatic rings. The van der Waals surface area contributed by atoms with Crippen LogP contribution < -0.4 is 0 Å². The Bertz CT molecular complexity index is 366. The Morgan fingerprint density at radius 3 is 2.13 bits per heavy atom. The van der Waals surface area contributed by atoms with E-state index in [4.69, 9.17) is 11.6 Å². The van der Waals surface area contributed by atoms with Crippen LogP contribution in [-0.4, -0.2) is 4.98 Å². The van der Waals surface area contributed by atoms with Crippen LogP contribution in [0.1, 0.15) is 32.0 Å². The summed E-state index contributed by atoms with van der Waals surface area (Å²) in [4.78, 5) is 3.76. The Morgan fingerprint density at radius 2 is 1.73 bits per heavy atom. The molecule has 1 aromatic heterocycles. The molecule has 1 rings (SSSR count). The molecule has 0 amide bonds. The molecule has 0 unspecified atom stereocenters. The summed E-state index contributed by atoms with van der Waals surface area (Å²) in [5.74, 6) is 0. The average Bonchev–Trinajstić information content (AvgIpc) is 2.00. The number of alkyl halides is 3. The Morgan fingerprint density at radius 1 is 1.20 bits per heavy atom. The van der Waals surface area contributed by atoms with Crippen LogP contribution in [0, 0.1) is 0 Å². The zero-order chi connectivity index (χ0) is 11.9. The normalized spacial score (nSPS) is 13.0. The van der Waals surface area contributed by atoms with Gasteiger partial charge in [0, 0.05) is 11.6 Å². The Kier molecular flexibility index (Phi) is 3.01. The van der Waals surface area contributed by atoms with Crippen LogP contribution in [-0.2, 0) is 11.6 Å². The van der Waals surface area contributed by atoms with Gasteiger partial charge in [0.1, 0.15) is 0 Å². The molecule has 0 aliphatic carbocycles. The van der Waals surface area contributed by atoms with Crippen molar-refractivity contribution in [3.8, 4) is 0 Å². The van der Waals surface area contributed by atoms with Crippen LogP contribution in [0.15, 0.2) is 12.3 Å². The third kappa shape index (κ3) is 2.84. The summed E-state index contributed by atoms with van der Waals surface area (Å²) in [6.07, 6.45) is -3.18. The van der Waals surface area contributed by atoms with Crippen molar-refractivity contribution >= 4 is 11.6 Å². The van der Waals surface area contributed by atoms with Crippen LogP contribution >= 0.6 is 11.6 Å². The molecule has 0 radical (unpaired) electrons. The van der Waals surface area contributed by atoms with Crippen molar-refractivity contribution in [2.75, 3.05) is 0 Å². The zero-order valence-corrected chi connectivity index (χ0v) is 9.37. The molecule has 0 N–H and O–H groups in total. The van der Waals surface area contributed by atoms with Crippen molar-refractivity contribution < 1.29 is 13.2 Å². The number of aromatic nitrogens is 1. The molecule has 0 aliphatic heterocycles. The minimum atomic E-state index is -4.42. The molecule has 0 fully saturated rings. The van der Waals surface area contributed by atoms with Gasteiger partial charge in [-0.15, -0.1) is 0 Å². The van der Waals surface area contributed by atoms with Crippen LogP contribution in [0.4, 0.5) is 13.2 Å². The van der Waals surface area contributed by atoms with Gasteiger partial charge in [0.2, 0.25) is 0 Å². The molecule has 1 nitrogen and oxygen atoms in total. The lowest BCUT2D eigenvalue weighted by atomic mass is 9.88. The maximum Gasteiger partial charge on any atom is 0.418 e. The molecule has 84 valence electrons. The van der Waals surface area contributed by atoms with E-state index >= 15 is 0 Å². The summed E-state index contributed by atoms with van der Waals surface area (Å²) in [5, 5.41) is -0.00433. The first-order valence-corrected chi connectivity index (χ1v) is 4.73. The molecular formula is C10H11ClF3N. The fourth-order valence-electron chi connectivity index (χ4n) is 1.25. The Balaban J connectivity index is 3.41. The average molecular weight is 238 g/mol. The number of hydrogen-bond acceptors (Lipinski definition) is 1. The van der Waals surface area contributed by atoms with Crippen LogP contribution in [0.25, 0.3) is 0 Å². The van der Waals surface area contributed by atoms with E-state index in [9.17, 15) is 13.2 Å². The third-order valence-electron chi connectivity index (χ3n) is 1.87. The second-order valence-electron chi connectivity index (χ2n) is 4.30. The van der Waals surface area contributed by atoms with Gasteiger partial charge >= 0.3 is 6.18 Å². The lowest BCUT2D eigenvalue weighted by Gasteiger charge is -2.22. The first-order chi connectivity index (χ1) is 6.62.